The van der Waals surface area contributed by atoms with Gasteiger partial charge in [-0.05, 0) is 30.6 Å². The number of benzene rings is 1. The highest BCUT2D eigenvalue weighted by Crippen LogP contribution is 2.04. The average Bonchev–Trinajstić information content (AvgIpc) is 2.47. The van der Waals surface area contributed by atoms with Crippen LogP contribution in [-0.4, -0.2) is 37.0 Å². The molecule has 1 aromatic carbocycles. The monoisotopic (exact) mass is 277 g/mol. The van der Waals surface area contributed by atoms with Crippen molar-refractivity contribution in [2.75, 3.05) is 26.2 Å². The highest BCUT2D eigenvalue weighted by atomic mass is 16.1. The Labute approximate surface area is 122 Å². The number of likely N-dealkylation sites (N-methyl/N-ethyl adjacent to an activating group) is 1. The summed E-state index contributed by atoms with van der Waals surface area (Å²) in [6.45, 7) is 8.62. The van der Waals surface area contributed by atoms with Crippen molar-refractivity contribution < 1.29 is 4.79 Å². The number of carbonyl (C=O) groups excluding carboxylic acids is 1. The van der Waals surface area contributed by atoms with Crippen molar-refractivity contribution in [2.24, 2.45) is 5.73 Å². The lowest BCUT2D eigenvalue weighted by molar-refractivity contribution is -0.120. The minimum atomic E-state index is 0.0815. The maximum absolute atomic E-state index is 11.8. The lowest BCUT2D eigenvalue weighted by Crippen LogP contribution is -2.35. The van der Waals surface area contributed by atoms with Gasteiger partial charge < -0.3 is 16.0 Å². The van der Waals surface area contributed by atoms with E-state index in [-0.39, 0.29) is 5.91 Å². The van der Waals surface area contributed by atoms with Crippen LogP contribution in [0.2, 0.25) is 0 Å². The molecule has 0 aliphatic rings. The summed E-state index contributed by atoms with van der Waals surface area (Å²) in [4.78, 5) is 14.2. The second-order valence-corrected chi connectivity index (χ2v) is 4.98. The Morgan fingerprint density at radius 3 is 2.35 bits per heavy atom. The minimum Gasteiger partial charge on any atom is -0.355 e. The molecule has 3 N–H and O–H groups in total. The smallest absolute Gasteiger partial charge is 0.224 e. The van der Waals surface area contributed by atoms with Crippen LogP contribution in [-0.2, 0) is 17.8 Å². The topological polar surface area (TPSA) is 58.4 Å². The van der Waals surface area contributed by atoms with Gasteiger partial charge in [0.1, 0.15) is 0 Å². The van der Waals surface area contributed by atoms with Crippen LogP contribution in [0.4, 0.5) is 0 Å². The molecule has 0 spiro atoms. The van der Waals surface area contributed by atoms with Gasteiger partial charge in [0.2, 0.25) is 5.91 Å². The molecule has 0 aliphatic carbocycles. The molecule has 0 unspecified atom stereocenters. The summed E-state index contributed by atoms with van der Waals surface area (Å²) in [6.07, 6.45) is 1.58. The van der Waals surface area contributed by atoms with Gasteiger partial charge in [-0.2, -0.15) is 0 Å². The molecule has 0 atom stereocenters. The van der Waals surface area contributed by atoms with Crippen LogP contribution in [0.15, 0.2) is 24.3 Å². The van der Waals surface area contributed by atoms with E-state index in [9.17, 15) is 4.79 Å². The fourth-order valence-electron chi connectivity index (χ4n) is 2.14. The van der Waals surface area contributed by atoms with Gasteiger partial charge in [0.15, 0.2) is 0 Å². The molecular weight excluding hydrogens is 250 g/mol. The zero-order chi connectivity index (χ0) is 14.8. The van der Waals surface area contributed by atoms with E-state index in [1.807, 2.05) is 24.3 Å². The molecule has 1 aromatic rings. The fourth-order valence-corrected chi connectivity index (χ4v) is 2.14. The van der Waals surface area contributed by atoms with Gasteiger partial charge in [0.05, 0.1) is 6.42 Å². The maximum atomic E-state index is 11.8. The molecular formula is C16H27N3O. The minimum absolute atomic E-state index is 0.0815. The molecule has 1 rings (SSSR count). The van der Waals surface area contributed by atoms with Gasteiger partial charge in [0, 0.05) is 19.6 Å². The van der Waals surface area contributed by atoms with Gasteiger partial charge >= 0.3 is 0 Å². The first-order chi connectivity index (χ1) is 9.69. The Kier molecular flexibility index (Phi) is 7.92. The summed E-state index contributed by atoms with van der Waals surface area (Å²) in [6, 6.07) is 7.89. The van der Waals surface area contributed by atoms with E-state index >= 15 is 0 Å². The summed E-state index contributed by atoms with van der Waals surface area (Å²) in [5.41, 5.74) is 7.67. The van der Waals surface area contributed by atoms with Crippen molar-refractivity contribution in [1.82, 2.24) is 10.2 Å². The Balaban J connectivity index is 2.28. The lowest BCUT2D eigenvalue weighted by Gasteiger charge is -2.19. The van der Waals surface area contributed by atoms with Crippen LogP contribution in [0, 0.1) is 0 Å². The SMILES string of the molecule is CCCN(CC)CCNC(=O)Cc1ccc(CN)cc1. The number of rotatable bonds is 9. The molecule has 4 nitrogen and oxygen atoms in total. The molecule has 0 heterocycles. The van der Waals surface area contributed by atoms with Gasteiger partial charge in [-0.1, -0.05) is 38.1 Å². The maximum Gasteiger partial charge on any atom is 0.224 e. The number of nitrogens with one attached hydrogen (secondary N) is 1. The third-order valence-corrected chi connectivity index (χ3v) is 3.36. The highest BCUT2D eigenvalue weighted by molar-refractivity contribution is 5.78. The van der Waals surface area contributed by atoms with Crippen molar-refractivity contribution >= 4 is 5.91 Å². The van der Waals surface area contributed by atoms with E-state index in [2.05, 4.69) is 24.1 Å². The van der Waals surface area contributed by atoms with E-state index < -0.39 is 0 Å². The molecule has 0 bridgehead atoms. The molecule has 4 heteroatoms. The van der Waals surface area contributed by atoms with Crippen LogP contribution >= 0.6 is 0 Å². The number of hydrogen-bond donors (Lipinski definition) is 2. The standard InChI is InChI=1S/C16H27N3O/c1-3-10-19(4-2)11-9-18-16(20)12-14-5-7-15(13-17)8-6-14/h5-8H,3-4,9-13,17H2,1-2H3,(H,18,20). The van der Waals surface area contributed by atoms with Gasteiger partial charge in [-0.25, -0.2) is 0 Å². The second-order valence-electron chi connectivity index (χ2n) is 4.98. The van der Waals surface area contributed by atoms with Crippen molar-refractivity contribution in [3.05, 3.63) is 35.4 Å². The lowest BCUT2D eigenvalue weighted by atomic mass is 10.1. The number of nitrogens with two attached hydrogens (primary N) is 1. The van der Waals surface area contributed by atoms with Gasteiger partial charge in [-0.15, -0.1) is 0 Å². The van der Waals surface area contributed by atoms with Crippen LogP contribution in [0.25, 0.3) is 0 Å². The Morgan fingerprint density at radius 2 is 1.80 bits per heavy atom. The molecule has 112 valence electrons. The third kappa shape index (κ3) is 6.17. The quantitative estimate of drug-likeness (QED) is 0.720. The van der Waals surface area contributed by atoms with Crippen LogP contribution in [0.3, 0.4) is 0 Å². The van der Waals surface area contributed by atoms with Crippen molar-refractivity contribution in [1.29, 1.82) is 0 Å². The van der Waals surface area contributed by atoms with E-state index in [0.29, 0.717) is 19.5 Å². The van der Waals surface area contributed by atoms with Crippen molar-refractivity contribution in [3.63, 3.8) is 0 Å². The predicted octanol–water partition coefficient (Wildman–Crippen LogP) is 1.54. The fraction of sp³-hybridized carbons (Fsp3) is 0.562. The van der Waals surface area contributed by atoms with Crippen molar-refractivity contribution in [3.8, 4) is 0 Å². The third-order valence-electron chi connectivity index (χ3n) is 3.36. The summed E-state index contributed by atoms with van der Waals surface area (Å²) >= 11 is 0. The van der Waals surface area contributed by atoms with Gasteiger partial charge in [-0.3, -0.25) is 4.79 Å². The molecule has 1 amide bonds. The van der Waals surface area contributed by atoms with Gasteiger partial charge in [0.25, 0.3) is 0 Å². The van der Waals surface area contributed by atoms with Crippen LogP contribution < -0.4 is 11.1 Å². The van der Waals surface area contributed by atoms with Crippen LogP contribution in [0.1, 0.15) is 31.4 Å². The Hall–Kier alpha value is -1.39. The molecule has 0 aliphatic heterocycles. The Morgan fingerprint density at radius 1 is 1.15 bits per heavy atom. The van der Waals surface area contributed by atoms with E-state index in [4.69, 9.17) is 5.73 Å². The molecule has 0 aromatic heterocycles. The zero-order valence-electron chi connectivity index (χ0n) is 12.7. The first-order valence-electron chi connectivity index (χ1n) is 7.46. The highest BCUT2D eigenvalue weighted by Gasteiger charge is 2.05. The molecule has 0 saturated heterocycles. The normalized spacial score (nSPS) is 10.8. The molecule has 0 radical (unpaired) electrons. The molecule has 20 heavy (non-hydrogen) atoms. The van der Waals surface area contributed by atoms with E-state index in [1.165, 1.54) is 0 Å². The summed E-state index contributed by atoms with van der Waals surface area (Å²) < 4.78 is 0. The zero-order valence-corrected chi connectivity index (χ0v) is 12.7. The summed E-state index contributed by atoms with van der Waals surface area (Å²) in [5.74, 6) is 0.0815. The summed E-state index contributed by atoms with van der Waals surface area (Å²) in [7, 11) is 0. The number of amides is 1. The van der Waals surface area contributed by atoms with Crippen LogP contribution in [0.5, 0.6) is 0 Å². The Bertz CT molecular complexity index is 389. The second kappa shape index (κ2) is 9.50. The van der Waals surface area contributed by atoms with Crippen molar-refractivity contribution in [2.45, 2.75) is 33.2 Å². The largest absolute Gasteiger partial charge is 0.355 e. The molecule has 0 saturated carbocycles. The predicted molar refractivity (Wildman–Crippen MR) is 83.5 cm³/mol. The van der Waals surface area contributed by atoms with E-state index in [0.717, 1.165) is 37.2 Å². The first-order valence-corrected chi connectivity index (χ1v) is 7.46. The average molecular weight is 277 g/mol. The number of nitrogens with zero attached hydrogens (tertiary/aromatic N) is 1. The first kappa shape index (κ1) is 16.7. The summed E-state index contributed by atoms with van der Waals surface area (Å²) in [5, 5.41) is 2.98. The van der Waals surface area contributed by atoms with E-state index in [1.54, 1.807) is 0 Å². The molecule has 0 fully saturated rings. The number of carbonyl (C=O) groups is 1. The number of hydrogen-bond acceptors (Lipinski definition) is 3.